The molecule has 0 aliphatic heterocycles. The lowest BCUT2D eigenvalue weighted by molar-refractivity contribution is 0.244. The van der Waals surface area contributed by atoms with Gasteiger partial charge in [0, 0.05) is 17.7 Å². The molecule has 3 aromatic rings. The number of rotatable bonds is 7. The van der Waals surface area contributed by atoms with E-state index in [-0.39, 0.29) is 0 Å². The second kappa shape index (κ2) is 8.41. The number of halogens is 1. The van der Waals surface area contributed by atoms with Crippen molar-refractivity contribution in [3.05, 3.63) is 53.8 Å². The number of primary amides is 1. The van der Waals surface area contributed by atoms with Crippen LogP contribution in [0.5, 0.6) is 11.6 Å². The van der Waals surface area contributed by atoms with Crippen LogP contribution in [0.4, 0.5) is 4.79 Å². The van der Waals surface area contributed by atoms with Crippen molar-refractivity contribution in [3.63, 3.8) is 0 Å². The van der Waals surface area contributed by atoms with Crippen molar-refractivity contribution in [1.29, 1.82) is 0 Å². The Labute approximate surface area is 160 Å². The van der Waals surface area contributed by atoms with Crippen molar-refractivity contribution in [2.75, 3.05) is 20.3 Å². The van der Waals surface area contributed by atoms with Crippen LogP contribution in [0.1, 0.15) is 0 Å². The highest BCUT2D eigenvalue weighted by Gasteiger charge is 2.11. The van der Waals surface area contributed by atoms with E-state index in [4.69, 9.17) is 26.8 Å². The highest BCUT2D eigenvalue weighted by Crippen LogP contribution is 2.27. The molecule has 0 bridgehead atoms. The fraction of sp³-hybridized carbons (Fsp3) is 0.167. The second-order valence-corrected chi connectivity index (χ2v) is 5.87. The Balaban J connectivity index is 1.77. The Kier molecular flexibility index (Phi) is 5.77. The van der Waals surface area contributed by atoms with Crippen molar-refractivity contribution in [2.45, 2.75) is 0 Å². The van der Waals surface area contributed by atoms with Crippen molar-refractivity contribution < 1.29 is 14.3 Å². The number of ether oxygens (including phenoxy) is 2. The number of hydrogen-bond donors (Lipinski definition) is 2. The quantitative estimate of drug-likeness (QED) is 0.606. The minimum absolute atomic E-state index is 0.323. The van der Waals surface area contributed by atoms with E-state index in [0.717, 1.165) is 16.9 Å². The predicted octanol–water partition coefficient (Wildman–Crippen LogP) is 2.64. The summed E-state index contributed by atoms with van der Waals surface area (Å²) in [6.07, 6.45) is 1.66. The number of nitrogens with one attached hydrogen (secondary N) is 1. The number of aromatic nitrogens is 3. The van der Waals surface area contributed by atoms with E-state index in [0.29, 0.717) is 29.9 Å². The molecule has 0 spiro atoms. The lowest BCUT2D eigenvalue weighted by atomic mass is 10.1. The third-order valence-corrected chi connectivity index (χ3v) is 3.86. The lowest BCUT2D eigenvalue weighted by Crippen LogP contribution is -2.32. The van der Waals surface area contributed by atoms with Gasteiger partial charge in [0.1, 0.15) is 12.4 Å². The number of amides is 2. The molecule has 8 nitrogen and oxygen atoms in total. The number of urea groups is 1. The normalized spacial score (nSPS) is 10.4. The zero-order valence-corrected chi connectivity index (χ0v) is 15.3. The number of nitrogens with zero attached hydrogens (tertiary/aromatic N) is 3. The van der Waals surface area contributed by atoms with Crippen LogP contribution in [0.25, 0.3) is 16.9 Å². The summed E-state index contributed by atoms with van der Waals surface area (Å²) in [6, 6.07) is 12.3. The van der Waals surface area contributed by atoms with Crippen LogP contribution < -0.4 is 20.5 Å². The van der Waals surface area contributed by atoms with Gasteiger partial charge < -0.3 is 20.5 Å². The zero-order valence-electron chi connectivity index (χ0n) is 14.6. The Bertz CT molecular complexity index is 910. The fourth-order valence-electron chi connectivity index (χ4n) is 2.44. The van der Waals surface area contributed by atoms with Crippen molar-refractivity contribution >= 4 is 17.6 Å². The molecule has 0 radical (unpaired) electrons. The first-order valence-electron chi connectivity index (χ1n) is 8.09. The number of nitrogens with two attached hydrogens (primary N) is 1. The molecule has 1 aromatic carbocycles. The molecule has 0 atom stereocenters. The minimum atomic E-state index is -0.577. The van der Waals surface area contributed by atoms with E-state index in [1.165, 1.54) is 0 Å². The van der Waals surface area contributed by atoms with E-state index in [2.05, 4.69) is 15.4 Å². The third kappa shape index (κ3) is 4.68. The average Bonchev–Trinajstić information content (AvgIpc) is 3.07. The van der Waals surface area contributed by atoms with Crippen molar-refractivity contribution in [3.8, 4) is 28.6 Å². The smallest absolute Gasteiger partial charge is 0.312 e. The van der Waals surface area contributed by atoms with Crippen LogP contribution in [-0.4, -0.2) is 41.1 Å². The van der Waals surface area contributed by atoms with Gasteiger partial charge in [0.2, 0.25) is 5.88 Å². The maximum atomic E-state index is 10.6. The lowest BCUT2D eigenvalue weighted by Gasteiger charge is -2.10. The van der Waals surface area contributed by atoms with Crippen LogP contribution >= 0.6 is 11.6 Å². The molecule has 3 N–H and O–H groups in total. The predicted molar refractivity (Wildman–Crippen MR) is 101 cm³/mol. The number of hydrogen-bond acceptors (Lipinski definition) is 5. The topological polar surface area (TPSA) is 104 Å². The summed E-state index contributed by atoms with van der Waals surface area (Å²) in [5.41, 5.74) is 7.48. The fourth-order valence-corrected chi connectivity index (χ4v) is 2.62. The molecule has 2 amide bonds. The zero-order chi connectivity index (χ0) is 19.2. The Morgan fingerprint density at radius 3 is 2.67 bits per heavy atom. The molecule has 0 fully saturated rings. The van der Waals surface area contributed by atoms with Gasteiger partial charge in [-0.3, -0.25) is 0 Å². The van der Waals surface area contributed by atoms with Crippen LogP contribution in [0.15, 0.2) is 48.7 Å². The molecule has 0 unspecified atom stereocenters. The Hall–Kier alpha value is -3.26. The number of carbonyl (C=O) groups excluding carboxylic acids is 1. The molecule has 0 saturated heterocycles. The van der Waals surface area contributed by atoms with Gasteiger partial charge in [0.25, 0.3) is 0 Å². The molecule has 0 aliphatic rings. The van der Waals surface area contributed by atoms with E-state index in [1.807, 2.05) is 30.3 Å². The van der Waals surface area contributed by atoms with Crippen LogP contribution in [0, 0.1) is 0 Å². The van der Waals surface area contributed by atoms with Gasteiger partial charge in [-0.15, -0.1) is 0 Å². The summed E-state index contributed by atoms with van der Waals surface area (Å²) >= 11 is 6.12. The van der Waals surface area contributed by atoms with E-state index >= 15 is 0 Å². The average molecular weight is 388 g/mol. The highest BCUT2D eigenvalue weighted by molar-refractivity contribution is 6.29. The molecule has 0 aliphatic carbocycles. The summed E-state index contributed by atoms with van der Waals surface area (Å²) in [6.45, 7) is 0.660. The van der Waals surface area contributed by atoms with Gasteiger partial charge in [0.15, 0.2) is 5.15 Å². The number of benzene rings is 1. The van der Waals surface area contributed by atoms with Gasteiger partial charge >= 0.3 is 6.03 Å². The summed E-state index contributed by atoms with van der Waals surface area (Å²) in [5, 5.41) is 7.17. The maximum Gasteiger partial charge on any atom is 0.312 e. The maximum absolute atomic E-state index is 10.6. The SMILES string of the molecule is COc1ccc(-n2nc(Cl)cc2-c2ccc(OCCNC(N)=O)cc2)cn1. The first-order valence-corrected chi connectivity index (χ1v) is 8.47. The minimum Gasteiger partial charge on any atom is -0.492 e. The van der Waals surface area contributed by atoms with E-state index in [9.17, 15) is 4.79 Å². The molecule has 2 aromatic heterocycles. The molecule has 3 rings (SSSR count). The summed E-state index contributed by atoms with van der Waals surface area (Å²) in [4.78, 5) is 14.8. The van der Waals surface area contributed by atoms with Gasteiger partial charge in [0.05, 0.1) is 31.2 Å². The molecular weight excluding hydrogens is 370 g/mol. The van der Waals surface area contributed by atoms with E-state index < -0.39 is 6.03 Å². The van der Waals surface area contributed by atoms with Gasteiger partial charge in [-0.25, -0.2) is 14.5 Å². The monoisotopic (exact) mass is 387 g/mol. The summed E-state index contributed by atoms with van der Waals surface area (Å²) < 4.78 is 12.3. The molecular formula is C18H18ClN5O3. The number of carbonyl (C=O) groups is 1. The van der Waals surface area contributed by atoms with Crippen LogP contribution in [-0.2, 0) is 0 Å². The molecule has 9 heteroatoms. The highest BCUT2D eigenvalue weighted by atomic mass is 35.5. The first-order chi connectivity index (χ1) is 13.1. The molecule has 2 heterocycles. The van der Waals surface area contributed by atoms with Crippen molar-refractivity contribution in [1.82, 2.24) is 20.1 Å². The largest absolute Gasteiger partial charge is 0.492 e. The Morgan fingerprint density at radius 1 is 1.26 bits per heavy atom. The molecule has 140 valence electrons. The molecule has 0 saturated carbocycles. The van der Waals surface area contributed by atoms with Crippen LogP contribution in [0.3, 0.4) is 0 Å². The Morgan fingerprint density at radius 2 is 2.04 bits per heavy atom. The first kappa shape index (κ1) is 18.5. The van der Waals surface area contributed by atoms with Gasteiger partial charge in [-0.05, 0) is 30.3 Å². The standard InChI is InChI=1S/C18H18ClN5O3/c1-26-17-7-4-13(11-22-17)24-15(10-16(19)23-24)12-2-5-14(6-3-12)27-9-8-21-18(20)25/h2-7,10-11H,8-9H2,1H3,(H3,20,21,25). The number of methoxy groups -OCH3 is 1. The van der Waals surface area contributed by atoms with Crippen LogP contribution in [0.2, 0.25) is 5.15 Å². The summed E-state index contributed by atoms with van der Waals surface area (Å²) in [7, 11) is 1.56. The molecule has 27 heavy (non-hydrogen) atoms. The van der Waals surface area contributed by atoms with E-state index in [1.54, 1.807) is 30.1 Å². The van der Waals surface area contributed by atoms with Crippen molar-refractivity contribution in [2.24, 2.45) is 5.73 Å². The summed E-state index contributed by atoms with van der Waals surface area (Å²) in [5.74, 6) is 1.19. The second-order valence-electron chi connectivity index (χ2n) is 5.49. The van der Waals surface area contributed by atoms with Gasteiger partial charge in [-0.1, -0.05) is 11.6 Å². The van der Waals surface area contributed by atoms with Gasteiger partial charge in [-0.2, -0.15) is 5.10 Å². The third-order valence-electron chi connectivity index (χ3n) is 3.67. The number of pyridine rings is 1.